The molecule has 2 aromatic carbocycles. The van der Waals surface area contributed by atoms with Crippen molar-refractivity contribution >= 4 is 29.3 Å². The van der Waals surface area contributed by atoms with Gasteiger partial charge in [0, 0.05) is 18.2 Å². The number of esters is 1. The molecule has 0 aliphatic heterocycles. The molecule has 0 saturated heterocycles. The quantitative estimate of drug-likeness (QED) is 0.347. The maximum Gasteiger partial charge on any atom is 0.358 e. The van der Waals surface area contributed by atoms with Crippen LogP contribution in [0, 0.1) is 0 Å². The Hall–Kier alpha value is -4.01. The predicted molar refractivity (Wildman–Crippen MR) is 135 cm³/mol. The normalized spacial score (nSPS) is 10.7. The molecule has 9 heteroatoms. The van der Waals surface area contributed by atoms with Gasteiger partial charge >= 0.3 is 5.97 Å². The number of nitrogens with one attached hydrogen (secondary N) is 2. The second-order valence-corrected chi connectivity index (χ2v) is 7.98. The van der Waals surface area contributed by atoms with E-state index in [0.29, 0.717) is 18.1 Å². The number of carbonyl (C=O) groups excluding carboxylic acids is 2. The highest BCUT2D eigenvalue weighted by atomic mass is 35.5. The fourth-order valence-electron chi connectivity index (χ4n) is 3.50. The lowest BCUT2D eigenvalue weighted by Gasteiger charge is -2.11. The largest absolute Gasteiger partial charge is 0.461 e. The van der Waals surface area contributed by atoms with Crippen molar-refractivity contribution in [1.29, 1.82) is 0 Å². The Morgan fingerprint density at radius 3 is 2.57 bits per heavy atom. The summed E-state index contributed by atoms with van der Waals surface area (Å²) in [6.45, 7) is 2.55. The fraction of sp³-hybridized carbons (Fsp3) is 0.154. The minimum atomic E-state index is -0.578. The van der Waals surface area contributed by atoms with Gasteiger partial charge in [-0.05, 0) is 50.4 Å². The first kappa shape index (κ1) is 24.1. The molecule has 0 saturated carbocycles. The van der Waals surface area contributed by atoms with Gasteiger partial charge in [-0.15, -0.1) is 0 Å². The standard InChI is InChI=1S/C26H24ClN5O3/c1-3-35-26(34)23-15-24(32(31-23)19-9-5-4-6-10-19)30-25(33)20-14-17(12-13-21(20)27)22-11-7-8-18(29-22)16-28-2/h4-15,28H,3,16H2,1-2H3,(H,30,33). The number of hydrogen-bond acceptors (Lipinski definition) is 6. The smallest absolute Gasteiger partial charge is 0.358 e. The molecule has 0 radical (unpaired) electrons. The molecule has 4 aromatic rings. The Labute approximate surface area is 207 Å². The highest BCUT2D eigenvalue weighted by Crippen LogP contribution is 2.26. The van der Waals surface area contributed by atoms with Crippen molar-refractivity contribution in [3.8, 4) is 16.9 Å². The first-order valence-electron chi connectivity index (χ1n) is 11.0. The monoisotopic (exact) mass is 489 g/mol. The highest BCUT2D eigenvalue weighted by Gasteiger charge is 2.20. The van der Waals surface area contributed by atoms with Gasteiger partial charge in [-0.2, -0.15) is 5.10 Å². The van der Waals surface area contributed by atoms with Crippen molar-refractivity contribution in [2.45, 2.75) is 13.5 Å². The van der Waals surface area contributed by atoms with Crippen LogP contribution in [0.3, 0.4) is 0 Å². The summed E-state index contributed by atoms with van der Waals surface area (Å²) in [6, 6.07) is 21.5. The average molecular weight is 490 g/mol. The van der Waals surface area contributed by atoms with Crippen LogP contribution in [0.15, 0.2) is 72.8 Å². The second kappa shape index (κ2) is 10.9. The number of pyridine rings is 1. The molecule has 2 heterocycles. The molecule has 0 fully saturated rings. The Morgan fingerprint density at radius 2 is 1.83 bits per heavy atom. The van der Waals surface area contributed by atoms with E-state index in [9.17, 15) is 9.59 Å². The van der Waals surface area contributed by atoms with Gasteiger partial charge in [0.05, 0.1) is 34.3 Å². The van der Waals surface area contributed by atoms with E-state index in [1.165, 1.54) is 10.7 Å². The van der Waals surface area contributed by atoms with E-state index in [2.05, 4.69) is 20.7 Å². The lowest BCUT2D eigenvalue weighted by Crippen LogP contribution is -2.16. The van der Waals surface area contributed by atoms with Gasteiger partial charge in [0.2, 0.25) is 0 Å². The zero-order chi connectivity index (χ0) is 24.8. The van der Waals surface area contributed by atoms with Crippen LogP contribution < -0.4 is 10.6 Å². The van der Waals surface area contributed by atoms with E-state index in [1.807, 2.05) is 61.6 Å². The predicted octanol–water partition coefficient (Wildman–Crippen LogP) is 4.74. The van der Waals surface area contributed by atoms with Crippen LogP contribution in [0.1, 0.15) is 33.5 Å². The van der Waals surface area contributed by atoms with E-state index in [-0.39, 0.29) is 22.9 Å². The van der Waals surface area contributed by atoms with Gasteiger partial charge in [0.1, 0.15) is 5.82 Å². The summed E-state index contributed by atoms with van der Waals surface area (Å²) in [4.78, 5) is 30.2. The molecule has 2 N–H and O–H groups in total. The number of nitrogens with zero attached hydrogens (tertiary/aromatic N) is 3. The van der Waals surface area contributed by atoms with Crippen molar-refractivity contribution in [3.63, 3.8) is 0 Å². The molecule has 2 aromatic heterocycles. The van der Waals surface area contributed by atoms with Gasteiger partial charge in [0.25, 0.3) is 5.91 Å². The number of halogens is 1. The van der Waals surface area contributed by atoms with Crippen LogP contribution in [-0.4, -0.2) is 40.3 Å². The van der Waals surface area contributed by atoms with Gasteiger partial charge in [-0.3, -0.25) is 9.78 Å². The first-order chi connectivity index (χ1) is 17.0. The number of aromatic nitrogens is 3. The van der Waals surface area contributed by atoms with Crippen molar-refractivity contribution in [2.24, 2.45) is 0 Å². The molecule has 8 nitrogen and oxygen atoms in total. The lowest BCUT2D eigenvalue weighted by atomic mass is 10.1. The average Bonchev–Trinajstić information content (AvgIpc) is 3.29. The maximum absolute atomic E-state index is 13.3. The van der Waals surface area contributed by atoms with Gasteiger partial charge in [0.15, 0.2) is 5.69 Å². The number of amides is 1. The third-order valence-electron chi connectivity index (χ3n) is 5.11. The van der Waals surface area contributed by atoms with Crippen molar-refractivity contribution in [2.75, 3.05) is 19.0 Å². The van der Waals surface area contributed by atoms with Crippen LogP contribution in [-0.2, 0) is 11.3 Å². The Morgan fingerprint density at radius 1 is 1.03 bits per heavy atom. The second-order valence-electron chi connectivity index (χ2n) is 7.58. The molecule has 1 amide bonds. The van der Waals surface area contributed by atoms with Crippen molar-refractivity contribution < 1.29 is 14.3 Å². The lowest BCUT2D eigenvalue weighted by molar-refractivity contribution is 0.0518. The molecular weight excluding hydrogens is 466 g/mol. The van der Waals surface area contributed by atoms with Gasteiger partial charge < -0.3 is 15.4 Å². The minimum absolute atomic E-state index is 0.0800. The summed E-state index contributed by atoms with van der Waals surface area (Å²) in [5, 5.41) is 10.5. The van der Waals surface area contributed by atoms with Gasteiger partial charge in [-0.1, -0.05) is 41.9 Å². The summed E-state index contributed by atoms with van der Waals surface area (Å²) in [6.07, 6.45) is 0. The fourth-order valence-corrected chi connectivity index (χ4v) is 3.71. The van der Waals surface area contributed by atoms with Gasteiger partial charge in [-0.25, -0.2) is 9.48 Å². The highest BCUT2D eigenvalue weighted by molar-refractivity contribution is 6.34. The summed E-state index contributed by atoms with van der Waals surface area (Å²) < 4.78 is 6.55. The molecule has 35 heavy (non-hydrogen) atoms. The Bertz CT molecular complexity index is 1350. The van der Waals surface area contributed by atoms with Crippen LogP contribution in [0.2, 0.25) is 5.02 Å². The van der Waals surface area contributed by atoms with Crippen molar-refractivity contribution in [1.82, 2.24) is 20.1 Å². The molecular formula is C26H24ClN5O3. The SMILES string of the molecule is CCOC(=O)c1cc(NC(=O)c2cc(-c3cccc(CNC)n3)ccc2Cl)n(-c2ccccc2)n1. The van der Waals surface area contributed by atoms with E-state index in [1.54, 1.807) is 19.1 Å². The third-order valence-corrected chi connectivity index (χ3v) is 5.44. The number of para-hydroxylation sites is 1. The number of ether oxygens (including phenoxy) is 1. The first-order valence-corrected chi connectivity index (χ1v) is 11.4. The number of benzene rings is 2. The number of rotatable bonds is 8. The molecule has 0 atom stereocenters. The molecule has 0 spiro atoms. The number of hydrogen-bond donors (Lipinski definition) is 2. The van der Waals surface area contributed by atoms with E-state index in [4.69, 9.17) is 16.3 Å². The minimum Gasteiger partial charge on any atom is -0.461 e. The Kier molecular flexibility index (Phi) is 7.54. The third kappa shape index (κ3) is 5.56. The van der Waals surface area contributed by atoms with E-state index >= 15 is 0 Å². The van der Waals surface area contributed by atoms with Crippen LogP contribution in [0.4, 0.5) is 5.82 Å². The topological polar surface area (TPSA) is 98.1 Å². The van der Waals surface area contributed by atoms with Crippen molar-refractivity contribution in [3.05, 3.63) is 94.8 Å². The van der Waals surface area contributed by atoms with E-state index in [0.717, 1.165) is 17.0 Å². The molecule has 0 bridgehead atoms. The summed E-state index contributed by atoms with van der Waals surface area (Å²) in [5.41, 5.74) is 3.37. The summed E-state index contributed by atoms with van der Waals surface area (Å²) in [7, 11) is 1.85. The number of carbonyl (C=O) groups is 2. The molecule has 4 rings (SSSR count). The summed E-state index contributed by atoms with van der Waals surface area (Å²) in [5.74, 6) is -0.721. The number of anilines is 1. The maximum atomic E-state index is 13.3. The molecule has 0 aliphatic rings. The zero-order valence-corrected chi connectivity index (χ0v) is 20.0. The van der Waals surface area contributed by atoms with Crippen LogP contribution in [0.25, 0.3) is 16.9 Å². The van der Waals surface area contributed by atoms with Crippen LogP contribution >= 0.6 is 11.6 Å². The molecule has 0 aliphatic carbocycles. The molecule has 178 valence electrons. The Balaban J connectivity index is 1.67. The van der Waals surface area contributed by atoms with E-state index < -0.39 is 11.9 Å². The molecule has 0 unspecified atom stereocenters. The summed E-state index contributed by atoms with van der Waals surface area (Å²) >= 11 is 6.39. The van der Waals surface area contributed by atoms with Crippen LogP contribution in [0.5, 0.6) is 0 Å². The zero-order valence-electron chi connectivity index (χ0n) is 19.3.